The fourth-order valence-electron chi connectivity index (χ4n) is 1.76. The third kappa shape index (κ3) is 1.37. The molecule has 18 heavy (non-hydrogen) atoms. The largest absolute Gasteiger partial charge is 0.477 e. The summed E-state index contributed by atoms with van der Waals surface area (Å²) in [5, 5.41) is 21.0. The molecular formula is C9H7N5O3S. The van der Waals surface area contributed by atoms with Gasteiger partial charge in [0.2, 0.25) is 0 Å². The first kappa shape index (κ1) is 11.0. The highest BCUT2D eigenvalue weighted by Crippen LogP contribution is 2.44. The molecule has 1 atom stereocenters. The SMILES string of the molecule is Cn1nnnc1/C=C1/C(=O)N2C(C(=O)O)=CS[C@H]12. The normalized spacial score (nSPS) is 23.9. The number of amides is 1. The predicted molar refractivity (Wildman–Crippen MR) is 60.7 cm³/mol. The van der Waals surface area contributed by atoms with E-state index in [-0.39, 0.29) is 17.0 Å². The quantitative estimate of drug-likeness (QED) is 0.564. The number of carbonyl (C=O) groups excluding carboxylic acids is 1. The van der Waals surface area contributed by atoms with Crippen LogP contribution in [0.2, 0.25) is 0 Å². The molecule has 9 heteroatoms. The second kappa shape index (κ2) is 3.67. The number of aryl methyl sites for hydroxylation is 1. The Morgan fingerprint density at radius 3 is 3.00 bits per heavy atom. The van der Waals surface area contributed by atoms with Crippen molar-refractivity contribution >= 4 is 29.7 Å². The minimum atomic E-state index is -1.10. The molecule has 1 amide bonds. The van der Waals surface area contributed by atoms with Crippen LogP contribution in [-0.2, 0) is 16.6 Å². The Kier molecular flexibility index (Phi) is 2.23. The number of β-lactam (4-membered cyclic amide) rings is 1. The summed E-state index contributed by atoms with van der Waals surface area (Å²) in [4.78, 5) is 24.0. The number of aromatic nitrogens is 4. The van der Waals surface area contributed by atoms with Gasteiger partial charge in [-0.15, -0.1) is 16.9 Å². The number of aliphatic carboxylic acids is 1. The molecule has 0 radical (unpaired) electrons. The van der Waals surface area contributed by atoms with Crippen LogP contribution < -0.4 is 0 Å². The van der Waals surface area contributed by atoms with Crippen LogP contribution in [0.25, 0.3) is 6.08 Å². The highest BCUT2D eigenvalue weighted by Gasteiger charge is 2.49. The highest BCUT2D eigenvalue weighted by molar-refractivity contribution is 8.03. The zero-order chi connectivity index (χ0) is 12.9. The average molecular weight is 265 g/mol. The maximum atomic E-state index is 11.9. The molecule has 0 saturated carbocycles. The van der Waals surface area contributed by atoms with Crippen molar-refractivity contribution in [3.8, 4) is 0 Å². The number of carbonyl (C=O) groups is 2. The fourth-order valence-corrected chi connectivity index (χ4v) is 2.88. The van der Waals surface area contributed by atoms with E-state index in [2.05, 4.69) is 15.5 Å². The van der Waals surface area contributed by atoms with E-state index in [0.29, 0.717) is 11.4 Å². The minimum absolute atomic E-state index is 0.0169. The smallest absolute Gasteiger partial charge is 0.353 e. The molecule has 3 heterocycles. The van der Waals surface area contributed by atoms with Crippen LogP contribution in [0.4, 0.5) is 0 Å². The summed E-state index contributed by atoms with van der Waals surface area (Å²) in [5.41, 5.74) is 0.522. The summed E-state index contributed by atoms with van der Waals surface area (Å²) < 4.78 is 1.44. The fraction of sp³-hybridized carbons (Fsp3) is 0.222. The predicted octanol–water partition coefficient (Wildman–Crippen LogP) is -0.565. The first-order chi connectivity index (χ1) is 8.59. The van der Waals surface area contributed by atoms with Crippen LogP contribution in [0.1, 0.15) is 5.82 Å². The number of carboxylic acid groups (broad SMARTS) is 1. The van der Waals surface area contributed by atoms with Crippen LogP contribution in [0, 0.1) is 0 Å². The third-order valence-corrected chi connectivity index (χ3v) is 3.77. The average Bonchev–Trinajstić information content (AvgIpc) is 2.90. The second-order valence-corrected chi connectivity index (χ2v) is 4.69. The van der Waals surface area contributed by atoms with Crippen LogP contribution in [0.5, 0.6) is 0 Å². The van der Waals surface area contributed by atoms with Crippen molar-refractivity contribution in [2.24, 2.45) is 7.05 Å². The van der Waals surface area contributed by atoms with Crippen molar-refractivity contribution in [1.29, 1.82) is 0 Å². The Balaban J connectivity index is 1.89. The molecule has 0 bridgehead atoms. The lowest BCUT2D eigenvalue weighted by Crippen LogP contribution is -2.51. The van der Waals surface area contributed by atoms with Gasteiger partial charge in [0, 0.05) is 12.5 Å². The molecule has 3 rings (SSSR count). The Morgan fingerprint density at radius 2 is 2.39 bits per heavy atom. The number of hydrogen-bond donors (Lipinski definition) is 1. The molecule has 1 fully saturated rings. The molecule has 0 spiro atoms. The number of nitrogens with zero attached hydrogens (tertiary/aromatic N) is 5. The van der Waals surface area contributed by atoms with E-state index < -0.39 is 5.97 Å². The van der Waals surface area contributed by atoms with Crippen molar-refractivity contribution in [1.82, 2.24) is 25.1 Å². The Hall–Kier alpha value is -2.16. The Bertz CT molecular complexity index is 619. The third-order valence-electron chi connectivity index (χ3n) is 2.69. The van der Waals surface area contributed by atoms with Crippen LogP contribution in [0.15, 0.2) is 16.7 Å². The standard InChI is InChI=1S/C9H7N5O3S/c1-13-6(10-11-12-13)2-4-7(15)14-5(9(16)17)3-18-8(4)14/h2-3,8H,1H3,(H,16,17)/b4-2-/t8-/m1/s1. The van der Waals surface area contributed by atoms with Gasteiger partial charge in [-0.05, 0) is 16.5 Å². The number of hydrogen-bond acceptors (Lipinski definition) is 6. The molecule has 1 aromatic heterocycles. The van der Waals surface area contributed by atoms with E-state index in [9.17, 15) is 9.59 Å². The molecule has 1 saturated heterocycles. The highest BCUT2D eigenvalue weighted by atomic mass is 32.2. The van der Waals surface area contributed by atoms with E-state index in [1.54, 1.807) is 13.1 Å². The second-order valence-electron chi connectivity index (χ2n) is 3.73. The molecule has 8 nitrogen and oxygen atoms in total. The van der Waals surface area contributed by atoms with Gasteiger partial charge in [0.15, 0.2) is 5.82 Å². The summed E-state index contributed by atoms with van der Waals surface area (Å²) in [6.07, 6.45) is 1.58. The van der Waals surface area contributed by atoms with Crippen molar-refractivity contribution in [3.63, 3.8) is 0 Å². The zero-order valence-electron chi connectivity index (χ0n) is 9.14. The molecule has 0 aliphatic carbocycles. The molecule has 1 aromatic rings. The van der Waals surface area contributed by atoms with Gasteiger partial charge in [-0.3, -0.25) is 9.69 Å². The number of rotatable bonds is 2. The van der Waals surface area contributed by atoms with Gasteiger partial charge >= 0.3 is 5.97 Å². The molecule has 2 aliphatic heterocycles. The van der Waals surface area contributed by atoms with E-state index in [1.807, 2.05) is 0 Å². The van der Waals surface area contributed by atoms with Gasteiger partial charge in [0.25, 0.3) is 5.91 Å². The van der Waals surface area contributed by atoms with Crippen LogP contribution in [-0.4, -0.2) is 47.5 Å². The zero-order valence-corrected chi connectivity index (χ0v) is 9.96. The lowest BCUT2D eigenvalue weighted by atomic mass is 10.0. The van der Waals surface area contributed by atoms with Gasteiger partial charge in [0.1, 0.15) is 11.1 Å². The number of thioether (sulfide) groups is 1. The molecular weight excluding hydrogens is 258 g/mol. The first-order valence-electron chi connectivity index (χ1n) is 4.96. The van der Waals surface area contributed by atoms with Gasteiger partial charge in [0.05, 0.1) is 5.57 Å². The maximum Gasteiger partial charge on any atom is 0.353 e. The minimum Gasteiger partial charge on any atom is -0.477 e. The maximum absolute atomic E-state index is 11.9. The van der Waals surface area contributed by atoms with Crippen molar-refractivity contribution in [3.05, 3.63) is 22.5 Å². The van der Waals surface area contributed by atoms with E-state index >= 15 is 0 Å². The number of tetrazole rings is 1. The first-order valence-corrected chi connectivity index (χ1v) is 5.90. The van der Waals surface area contributed by atoms with E-state index in [0.717, 1.165) is 0 Å². The summed E-state index contributed by atoms with van der Waals surface area (Å²) in [7, 11) is 1.66. The van der Waals surface area contributed by atoms with Crippen molar-refractivity contribution < 1.29 is 14.7 Å². The summed E-state index contributed by atoms with van der Waals surface area (Å²) in [6.45, 7) is 0. The Morgan fingerprint density at radius 1 is 1.61 bits per heavy atom. The van der Waals surface area contributed by atoms with Crippen molar-refractivity contribution in [2.45, 2.75) is 5.37 Å². The molecule has 1 N–H and O–H groups in total. The van der Waals surface area contributed by atoms with Gasteiger partial charge in [-0.25, -0.2) is 9.48 Å². The van der Waals surface area contributed by atoms with E-state index in [4.69, 9.17) is 5.11 Å². The van der Waals surface area contributed by atoms with Crippen LogP contribution in [0.3, 0.4) is 0 Å². The van der Waals surface area contributed by atoms with E-state index in [1.165, 1.54) is 26.8 Å². The summed E-state index contributed by atoms with van der Waals surface area (Å²) >= 11 is 1.28. The molecule has 0 unspecified atom stereocenters. The van der Waals surface area contributed by atoms with Crippen molar-refractivity contribution in [2.75, 3.05) is 0 Å². The number of carboxylic acids is 1. The van der Waals surface area contributed by atoms with Gasteiger partial charge in [-0.1, -0.05) is 0 Å². The van der Waals surface area contributed by atoms with Gasteiger partial charge < -0.3 is 5.11 Å². The monoisotopic (exact) mass is 265 g/mol. The summed E-state index contributed by atoms with van der Waals surface area (Å²) in [6, 6.07) is 0. The summed E-state index contributed by atoms with van der Waals surface area (Å²) in [5.74, 6) is -0.957. The number of fused-ring (bicyclic) bond motifs is 1. The molecule has 0 aromatic carbocycles. The molecule has 92 valence electrons. The van der Waals surface area contributed by atoms with Crippen LogP contribution >= 0.6 is 11.8 Å². The lowest BCUT2D eigenvalue weighted by Gasteiger charge is -2.36. The molecule has 2 aliphatic rings. The van der Waals surface area contributed by atoms with Gasteiger partial charge in [-0.2, -0.15) is 0 Å². The lowest BCUT2D eigenvalue weighted by molar-refractivity contribution is -0.141. The topological polar surface area (TPSA) is 101 Å². The Labute approximate surface area is 105 Å².